The van der Waals surface area contributed by atoms with Crippen LogP contribution in [-0.2, 0) is 13.1 Å². The third-order valence-electron chi connectivity index (χ3n) is 5.47. The van der Waals surface area contributed by atoms with Crippen molar-refractivity contribution in [2.24, 2.45) is 0 Å². The van der Waals surface area contributed by atoms with Gasteiger partial charge < -0.3 is 4.98 Å². The molecule has 2 aromatic rings. The van der Waals surface area contributed by atoms with E-state index in [0.29, 0.717) is 12.1 Å². The summed E-state index contributed by atoms with van der Waals surface area (Å²) in [5.41, 5.74) is 4.02. The standard InChI is InChI=1S/C21H31N3/c1-17-9-7-8-14-24(17)16-20-12-13-21(22-20)18(2)23(3)15-19-10-5-4-6-11-19/h4-6,10-13,17-18,22H,7-9,14-16H2,1-3H3. The van der Waals surface area contributed by atoms with Gasteiger partial charge in [0.1, 0.15) is 0 Å². The molecular weight excluding hydrogens is 294 g/mol. The van der Waals surface area contributed by atoms with Crippen molar-refractivity contribution in [1.82, 2.24) is 14.8 Å². The maximum absolute atomic E-state index is 3.66. The zero-order valence-electron chi connectivity index (χ0n) is 15.3. The highest BCUT2D eigenvalue weighted by atomic mass is 15.2. The number of nitrogens with zero attached hydrogens (tertiary/aromatic N) is 2. The lowest BCUT2D eigenvalue weighted by atomic mass is 10.0. The van der Waals surface area contributed by atoms with Crippen LogP contribution in [-0.4, -0.2) is 34.4 Å². The maximum Gasteiger partial charge on any atom is 0.0470 e. The summed E-state index contributed by atoms with van der Waals surface area (Å²) in [7, 11) is 2.20. The molecule has 1 aromatic heterocycles. The fraction of sp³-hybridized carbons (Fsp3) is 0.524. The van der Waals surface area contributed by atoms with Gasteiger partial charge in [-0.1, -0.05) is 36.8 Å². The summed E-state index contributed by atoms with van der Waals surface area (Å²) in [4.78, 5) is 8.67. The maximum atomic E-state index is 3.66. The smallest absolute Gasteiger partial charge is 0.0470 e. The molecule has 2 unspecified atom stereocenters. The van der Waals surface area contributed by atoms with E-state index in [2.05, 4.69) is 78.1 Å². The second-order valence-electron chi connectivity index (χ2n) is 7.33. The summed E-state index contributed by atoms with van der Waals surface area (Å²) in [5, 5.41) is 0. The molecular formula is C21H31N3. The number of likely N-dealkylation sites (tertiary alicyclic amines) is 1. The molecule has 3 heteroatoms. The number of hydrogen-bond acceptors (Lipinski definition) is 2. The second kappa shape index (κ2) is 8.00. The topological polar surface area (TPSA) is 22.3 Å². The Bertz CT molecular complexity index is 619. The van der Waals surface area contributed by atoms with Gasteiger partial charge in [0.05, 0.1) is 0 Å². The normalized spacial score (nSPS) is 20.4. The first kappa shape index (κ1) is 17.2. The Kier molecular flexibility index (Phi) is 5.75. The van der Waals surface area contributed by atoms with E-state index in [4.69, 9.17) is 0 Å². The summed E-state index contributed by atoms with van der Waals surface area (Å²) in [5.74, 6) is 0. The van der Waals surface area contributed by atoms with E-state index in [1.54, 1.807) is 0 Å². The van der Waals surface area contributed by atoms with E-state index in [0.717, 1.165) is 13.1 Å². The van der Waals surface area contributed by atoms with Crippen molar-refractivity contribution in [3.63, 3.8) is 0 Å². The number of nitrogens with one attached hydrogen (secondary N) is 1. The number of rotatable bonds is 6. The molecule has 2 atom stereocenters. The summed E-state index contributed by atoms with van der Waals surface area (Å²) in [6.07, 6.45) is 4.06. The first-order valence-electron chi connectivity index (χ1n) is 9.29. The molecule has 1 saturated heterocycles. The van der Waals surface area contributed by atoms with Gasteiger partial charge in [-0.2, -0.15) is 0 Å². The van der Waals surface area contributed by atoms with Crippen molar-refractivity contribution in [3.05, 3.63) is 59.4 Å². The van der Waals surface area contributed by atoms with E-state index >= 15 is 0 Å². The lowest BCUT2D eigenvalue weighted by molar-refractivity contribution is 0.151. The molecule has 0 spiro atoms. The minimum absolute atomic E-state index is 0.387. The van der Waals surface area contributed by atoms with E-state index < -0.39 is 0 Å². The first-order chi connectivity index (χ1) is 11.6. The highest BCUT2D eigenvalue weighted by molar-refractivity contribution is 5.18. The third-order valence-corrected chi connectivity index (χ3v) is 5.47. The number of benzene rings is 1. The van der Waals surface area contributed by atoms with Crippen molar-refractivity contribution in [3.8, 4) is 0 Å². The van der Waals surface area contributed by atoms with Gasteiger partial charge >= 0.3 is 0 Å². The Hall–Kier alpha value is -1.58. The molecule has 1 aromatic carbocycles. The minimum Gasteiger partial charge on any atom is -0.360 e. The molecule has 130 valence electrons. The van der Waals surface area contributed by atoms with Gasteiger partial charge in [0, 0.05) is 36.6 Å². The quantitative estimate of drug-likeness (QED) is 0.839. The number of aromatic amines is 1. The Balaban J connectivity index is 1.59. The Morgan fingerprint density at radius 1 is 1.17 bits per heavy atom. The predicted octanol–water partition coefficient (Wildman–Crippen LogP) is 4.58. The summed E-state index contributed by atoms with van der Waals surface area (Å²) >= 11 is 0. The van der Waals surface area contributed by atoms with Crippen LogP contribution in [0.4, 0.5) is 0 Å². The third kappa shape index (κ3) is 4.28. The lowest BCUT2D eigenvalue weighted by Gasteiger charge is -2.33. The fourth-order valence-corrected chi connectivity index (χ4v) is 3.65. The van der Waals surface area contributed by atoms with E-state index in [9.17, 15) is 0 Å². The van der Waals surface area contributed by atoms with Crippen molar-refractivity contribution in [2.75, 3.05) is 13.6 Å². The average Bonchev–Trinajstić information content (AvgIpc) is 3.05. The minimum atomic E-state index is 0.387. The molecule has 1 aliphatic heterocycles. The predicted molar refractivity (Wildman–Crippen MR) is 101 cm³/mol. The van der Waals surface area contributed by atoms with Crippen molar-refractivity contribution in [1.29, 1.82) is 0 Å². The molecule has 1 fully saturated rings. The largest absolute Gasteiger partial charge is 0.360 e. The zero-order valence-corrected chi connectivity index (χ0v) is 15.3. The van der Waals surface area contributed by atoms with Crippen LogP contribution < -0.4 is 0 Å². The Labute approximate surface area is 146 Å². The van der Waals surface area contributed by atoms with Gasteiger partial charge in [-0.3, -0.25) is 9.80 Å². The fourth-order valence-electron chi connectivity index (χ4n) is 3.65. The molecule has 3 rings (SSSR count). The highest BCUT2D eigenvalue weighted by Crippen LogP contribution is 2.23. The summed E-state index contributed by atoms with van der Waals surface area (Å²) < 4.78 is 0. The van der Waals surface area contributed by atoms with Gasteiger partial charge in [-0.25, -0.2) is 0 Å². The van der Waals surface area contributed by atoms with E-state index in [-0.39, 0.29) is 0 Å². The van der Waals surface area contributed by atoms with Crippen LogP contribution in [0.5, 0.6) is 0 Å². The first-order valence-corrected chi connectivity index (χ1v) is 9.29. The number of piperidine rings is 1. The van der Waals surface area contributed by atoms with Crippen molar-refractivity contribution >= 4 is 0 Å². The Morgan fingerprint density at radius 3 is 2.71 bits per heavy atom. The van der Waals surface area contributed by atoms with E-state index in [1.807, 2.05) is 0 Å². The lowest BCUT2D eigenvalue weighted by Crippen LogP contribution is -2.36. The van der Waals surface area contributed by atoms with Crippen LogP contribution in [0.3, 0.4) is 0 Å². The van der Waals surface area contributed by atoms with Gasteiger partial charge in [-0.05, 0) is 58.0 Å². The average molecular weight is 326 g/mol. The van der Waals surface area contributed by atoms with Gasteiger partial charge in [-0.15, -0.1) is 0 Å². The molecule has 1 N–H and O–H groups in total. The van der Waals surface area contributed by atoms with Crippen LogP contribution in [0.25, 0.3) is 0 Å². The molecule has 0 radical (unpaired) electrons. The van der Waals surface area contributed by atoms with Crippen molar-refractivity contribution < 1.29 is 0 Å². The van der Waals surface area contributed by atoms with Gasteiger partial charge in [0.15, 0.2) is 0 Å². The Morgan fingerprint density at radius 2 is 1.96 bits per heavy atom. The van der Waals surface area contributed by atoms with Crippen molar-refractivity contribution in [2.45, 2.75) is 58.3 Å². The van der Waals surface area contributed by atoms with Crippen LogP contribution >= 0.6 is 0 Å². The molecule has 0 amide bonds. The molecule has 1 aliphatic rings. The number of H-pyrrole nitrogens is 1. The SMILES string of the molecule is CC(c1ccc(CN2CCCCC2C)[nH]1)N(C)Cc1ccccc1. The summed E-state index contributed by atoms with van der Waals surface area (Å²) in [6, 6.07) is 16.3. The van der Waals surface area contributed by atoms with Crippen LogP contribution in [0.15, 0.2) is 42.5 Å². The summed E-state index contributed by atoms with van der Waals surface area (Å²) in [6.45, 7) is 7.90. The van der Waals surface area contributed by atoms with Crippen LogP contribution in [0.1, 0.15) is 56.1 Å². The van der Waals surface area contributed by atoms with Crippen LogP contribution in [0, 0.1) is 0 Å². The van der Waals surface area contributed by atoms with Crippen LogP contribution in [0.2, 0.25) is 0 Å². The zero-order chi connectivity index (χ0) is 16.9. The number of aromatic nitrogens is 1. The molecule has 0 bridgehead atoms. The molecule has 0 aliphatic carbocycles. The van der Waals surface area contributed by atoms with Gasteiger partial charge in [0.25, 0.3) is 0 Å². The molecule has 2 heterocycles. The molecule has 24 heavy (non-hydrogen) atoms. The monoisotopic (exact) mass is 325 g/mol. The van der Waals surface area contributed by atoms with E-state index in [1.165, 1.54) is 42.8 Å². The van der Waals surface area contributed by atoms with Gasteiger partial charge in [0.2, 0.25) is 0 Å². The second-order valence-corrected chi connectivity index (χ2v) is 7.33. The highest BCUT2D eigenvalue weighted by Gasteiger charge is 2.19. The number of hydrogen-bond donors (Lipinski definition) is 1. The molecule has 0 saturated carbocycles. The molecule has 3 nitrogen and oxygen atoms in total.